The summed E-state index contributed by atoms with van der Waals surface area (Å²) < 4.78 is 0. The van der Waals surface area contributed by atoms with E-state index in [0.29, 0.717) is 5.88 Å². The number of halogens is 1. The molecule has 0 aliphatic carbocycles. The predicted molar refractivity (Wildman–Crippen MR) is 57.1 cm³/mol. The molecular formula is C10H17ClN2O. The number of rotatable bonds is 3. The molecule has 1 unspecified atom stereocenters. The summed E-state index contributed by atoms with van der Waals surface area (Å²) in [6.07, 6.45) is 2.31. The van der Waals surface area contributed by atoms with Crippen LogP contribution >= 0.6 is 11.6 Å². The van der Waals surface area contributed by atoms with Crippen LogP contribution in [-0.2, 0) is 4.84 Å². The molecule has 0 aromatic carbocycles. The third kappa shape index (κ3) is 1.90. The molecule has 0 bridgehead atoms. The number of hydrogen-bond acceptors (Lipinski definition) is 3. The summed E-state index contributed by atoms with van der Waals surface area (Å²) in [5, 5.41) is 5.42. The molecule has 0 fully saturated rings. The Bertz CT molecular complexity index is 242. The van der Waals surface area contributed by atoms with Gasteiger partial charge in [0.1, 0.15) is 6.10 Å². The summed E-state index contributed by atoms with van der Waals surface area (Å²) in [5.74, 6) is 0.703. The van der Waals surface area contributed by atoms with Crippen molar-refractivity contribution in [2.75, 3.05) is 25.5 Å². The van der Waals surface area contributed by atoms with Crippen LogP contribution in [0.1, 0.15) is 19.8 Å². The van der Waals surface area contributed by atoms with Gasteiger partial charge in [0.05, 0.1) is 0 Å². The van der Waals surface area contributed by atoms with E-state index in [2.05, 4.69) is 12.2 Å². The summed E-state index contributed by atoms with van der Waals surface area (Å²) in [4.78, 5) is 5.77. The van der Waals surface area contributed by atoms with Crippen molar-refractivity contribution in [3.05, 3.63) is 11.3 Å². The molecule has 3 nitrogen and oxygen atoms in total. The van der Waals surface area contributed by atoms with Gasteiger partial charge in [-0.15, -0.1) is 11.6 Å². The zero-order chi connectivity index (χ0) is 9.97. The lowest BCUT2D eigenvalue weighted by atomic mass is 10.0. The van der Waals surface area contributed by atoms with E-state index in [-0.39, 0.29) is 6.10 Å². The van der Waals surface area contributed by atoms with Crippen molar-refractivity contribution in [1.82, 2.24) is 10.4 Å². The van der Waals surface area contributed by atoms with Crippen molar-refractivity contribution in [2.45, 2.75) is 25.9 Å². The number of nitrogens with zero attached hydrogens (tertiary/aromatic N) is 1. The molecule has 80 valence electrons. The molecule has 2 aliphatic rings. The summed E-state index contributed by atoms with van der Waals surface area (Å²) in [5.41, 5.74) is 2.81. The van der Waals surface area contributed by atoms with Gasteiger partial charge in [-0.2, -0.15) is 0 Å². The fourth-order valence-electron chi connectivity index (χ4n) is 2.06. The largest absolute Gasteiger partial charge is 0.312 e. The second-order valence-electron chi connectivity index (χ2n) is 3.79. The fraction of sp³-hybridized carbons (Fsp3) is 0.800. The summed E-state index contributed by atoms with van der Waals surface area (Å²) in [7, 11) is 0. The molecule has 0 saturated carbocycles. The third-order valence-electron chi connectivity index (χ3n) is 2.80. The number of hydroxylamine groups is 2. The van der Waals surface area contributed by atoms with Gasteiger partial charge in [0, 0.05) is 37.6 Å². The summed E-state index contributed by atoms with van der Waals surface area (Å²) in [6, 6.07) is 0. The van der Waals surface area contributed by atoms with Gasteiger partial charge in [0.25, 0.3) is 0 Å². The second-order valence-corrected chi connectivity index (χ2v) is 4.17. The van der Waals surface area contributed by atoms with Crippen LogP contribution in [0.25, 0.3) is 0 Å². The van der Waals surface area contributed by atoms with E-state index >= 15 is 0 Å². The van der Waals surface area contributed by atoms with Crippen molar-refractivity contribution < 1.29 is 4.84 Å². The molecule has 2 rings (SSSR count). The molecule has 0 spiro atoms. The average Bonchev–Trinajstić information content (AvgIpc) is 2.54. The number of alkyl halides is 1. The summed E-state index contributed by atoms with van der Waals surface area (Å²) in [6.45, 7) is 5.08. The van der Waals surface area contributed by atoms with E-state index in [1.54, 1.807) is 0 Å². The number of hydrogen-bond donors (Lipinski definition) is 1. The van der Waals surface area contributed by atoms with E-state index in [4.69, 9.17) is 16.4 Å². The van der Waals surface area contributed by atoms with E-state index in [1.807, 2.05) is 5.06 Å². The van der Waals surface area contributed by atoms with E-state index in [0.717, 1.165) is 32.5 Å². The molecule has 0 amide bonds. The minimum Gasteiger partial charge on any atom is -0.312 e. The maximum atomic E-state index is 5.77. The first kappa shape index (κ1) is 10.3. The van der Waals surface area contributed by atoms with Crippen LogP contribution in [0.2, 0.25) is 0 Å². The summed E-state index contributed by atoms with van der Waals surface area (Å²) >= 11 is 5.68. The average molecular weight is 217 g/mol. The molecule has 0 radical (unpaired) electrons. The van der Waals surface area contributed by atoms with Crippen LogP contribution in [0.15, 0.2) is 11.3 Å². The lowest BCUT2D eigenvalue weighted by Gasteiger charge is -2.22. The Morgan fingerprint density at radius 2 is 2.50 bits per heavy atom. The fourth-order valence-corrected chi connectivity index (χ4v) is 2.18. The van der Waals surface area contributed by atoms with Gasteiger partial charge in [0.15, 0.2) is 0 Å². The SMILES string of the molecule is CC1ON(CCCCl)C2=C1CNCC2. The van der Waals surface area contributed by atoms with E-state index in [1.165, 1.54) is 11.3 Å². The zero-order valence-corrected chi connectivity index (χ0v) is 9.31. The molecule has 0 saturated heterocycles. The Morgan fingerprint density at radius 3 is 3.29 bits per heavy atom. The van der Waals surface area contributed by atoms with E-state index in [9.17, 15) is 0 Å². The van der Waals surface area contributed by atoms with Crippen LogP contribution in [0.3, 0.4) is 0 Å². The normalized spacial score (nSPS) is 27.0. The smallest absolute Gasteiger partial charge is 0.107 e. The molecule has 4 heteroatoms. The first-order valence-corrected chi connectivity index (χ1v) is 5.79. The monoisotopic (exact) mass is 216 g/mol. The Labute approximate surface area is 90.0 Å². The third-order valence-corrected chi connectivity index (χ3v) is 3.06. The molecule has 1 N–H and O–H groups in total. The van der Waals surface area contributed by atoms with Crippen LogP contribution in [-0.4, -0.2) is 36.7 Å². The predicted octanol–water partition coefficient (Wildman–Crippen LogP) is 1.50. The van der Waals surface area contributed by atoms with Gasteiger partial charge in [-0.3, -0.25) is 9.90 Å². The van der Waals surface area contributed by atoms with Gasteiger partial charge < -0.3 is 5.32 Å². The van der Waals surface area contributed by atoms with Crippen LogP contribution < -0.4 is 5.32 Å². The molecule has 0 aromatic heterocycles. The molecule has 14 heavy (non-hydrogen) atoms. The second kappa shape index (κ2) is 4.51. The van der Waals surface area contributed by atoms with Gasteiger partial charge in [-0.25, -0.2) is 0 Å². The van der Waals surface area contributed by atoms with Crippen LogP contribution in [0.4, 0.5) is 0 Å². The van der Waals surface area contributed by atoms with Crippen molar-refractivity contribution in [1.29, 1.82) is 0 Å². The Balaban J connectivity index is 2.03. The van der Waals surface area contributed by atoms with Crippen LogP contribution in [0, 0.1) is 0 Å². The van der Waals surface area contributed by atoms with Crippen molar-refractivity contribution >= 4 is 11.6 Å². The highest BCUT2D eigenvalue weighted by Gasteiger charge is 2.30. The maximum absolute atomic E-state index is 5.77. The van der Waals surface area contributed by atoms with Gasteiger partial charge in [-0.1, -0.05) is 0 Å². The molecule has 0 aromatic rings. The molecular weight excluding hydrogens is 200 g/mol. The van der Waals surface area contributed by atoms with Gasteiger partial charge in [-0.05, 0) is 18.9 Å². The van der Waals surface area contributed by atoms with E-state index < -0.39 is 0 Å². The Kier molecular flexibility index (Phi) is 3.31. The molecule has 1 atom stereocenters. The topological polar surface area (TPSA) is 24.5 Å². The highest BCUT2D eigenvalue weighted by atomic mass is 35.5. The highest BCUT2D eigenvalue weighted by molar-refractivity contribution is 6.17. The number of nitrogens with one attached hydrogen (secondary N) is 1. The first-order valence-electron chi connectivity index (χ1n) is 5.26. The lowest BCUT2D eigenvalue weighted by molar-refractivity contribution is -0.133. The molecule has 2 aliphatic heterocycles. The molecule has 2 heterocycles. The highest BCUT2D eigenvalue weighted by Crippen LogP contribution is 2.29. The van der Waals surface area contributed by atoms with Crippen LogP contribution in [0.5, 0.6) is 0 Å². The zero-order valence-electron chi connectivity index (χ0n) is 8.55. The van der Waals surface area contributed by atoms with Gasteiger partial charge in [0.2, 0.25) is 0 Å². The van der Waals surface area contributed by atoms with Crippen molar-refractivity contribution in [3.63, 3.8) is 0 Å². The van der Waals surface area contributed by atoms with Gasteiger partial charge >= 0.3 is 0 Å². The minimum atomic E-state index is 0.244. The Morgan fingerprint density at radius 1 is 1.64 bits per heavy atom. The van der Waals surface area contributed by atoms with Crippen molar-refractivity contribution in [3.8, 4) is 0 Å². The first-order chi connectivity index (χ1) is 6.83. The van der Waals surface area contributed by atoms with Crippen molar-refractivity contribution in [2.24, 2.45) is 0 Å². The maximum Gasteiger partial charge on any atom is 0.107 e. The standard InChI is InChI=1S/C10H17ClN2O/c1-8-9-7-12-5-3-10(9)13(14-8)6-2-4-11/h8,12H,2-7H2,1H3. The Hall–Kier alpha value is -0.250. The minimum absolute atomic E-state index is 0.244. The quantitative estimate of drug-likeness (QED) is 0.724. The lowest BCUT2D eigenvalue weighted by Crippen LogP contribution is -2.28.